The molecule has 4 aromatic rings. The topological polar surface area (TPSA) is 43.4 Å². The Morgan fingerprint density at radius 2 is 1.22 bits per heavy atom. The Morgan fingerprint density at radius 3 is 1.84 bits per heavy atom. The highest BCUT2D eigenvalue weighted by Gasteiger charge is 2.34. The summed E-state index contributed by atoms with van der Waals surface area (Å²) in [6, 6.07) is 34.6. The Balaban J connectivity index is 1.56. The second kappa shape index (κ2) is 9.91. The van der Waals surface area contributed by atoms with Crippen molar-refractivity contribution in [2.24, 2.45) is 0 Å². The van der Waals surface area contributed by atoms with Gasteiger partial charge in [0.05, 0.1) is 0 Å². The summed E-state index contributed by atoms with van der Waals surface area (Å²) in [6.45, 7) is 0. The maximum atomic E-state index is 13.8. The molecule has 0 bridgehead atoms. The molecular formula is C28H21O3S+. The fourth-order valence-electron chi connectivity index (χ4n) is 3.08. The molecule has 0 aliphatic carbocycles. The summed E-state index contributed by atoms with van der Waals surface area (Å²) in [4.78, 5) is 13.6. The highest BCUT2D eigenvalue weighted by molar-refractivity contribution is 8.07. The van der Waals surface area contributed by atoms with Gasteiger partial charge in [-0.05, 0) is 66.6 Å². The largest absolute Gasteiger partial charge is 0.457 e. The van der Waals surface area contributed by atoms with Crippen molar-refractivity contribution >= 4 is 15.7 Å². The van der Waals surface area contributed by atoms with Gasteiger partial charge in [0.2, 0.25) is 15.7 Å². The van der Waals surface area contributed by atoms with E-state index in [1.165, 1.54) is 0 Å². The number of carbonyl (C=O) groups excluding carboxylic acids is 1. The highest BCUT2D eigenvalue weighted by atomic mass is 32.2. The average molecular weight is 438 g/mol. The van der Waals surface area contributed by atoms with Gasteiger partial charge in [-0.25, -0.2) is 0 Å². The highest BCUT2D eigenvalue weighted by Crippen LogP contribution is 2.24. The first-order valence-corrected chi connectivity index (χ1v) is 11.9. The van der Waals surface area contributed by atoms with E-state index in [1.54, 1.807) is 48.5 Å². The van der Waals surface area contributed by atoms with E-state index < -0.39 is 9.93 Å². The predicted molar refractivity (Wildman–Crippen MR) is 128 cm³/mol. The molecule has 0 aromatic heterocycles. The molecule has 0 saturated carbocycles. The van der Waals surface area contributed by atoms with Crippen molar-refractivity contribution in [3.63, 3.8) is 0 Å². The van der Waals surface area contributed by atoms with E-state index in [0.29, 0.717) is 16.2 Å². The predicted octanol–water partition coefficient (Wildman–Crippen LogP) is 6.23. The fraction of sp³-hybridized carbons (Fsp3) is 0.0357. The Morgan fingerprint density at radius 1 is 0.688 bits per heavy atom. The number of benzene rings is 4. The minimum Gasteiger partial charge on any atom is -0.457 e. The quantitative estimate of drug-likeness (QED) is 0.204. The SMILES string of the molecule is O=C(C[S+](=O)(C#Cc1ccccc1)c1ccccc1)c1ccc(Oc2ccccc2)cc1. The number of Topliss-reactive ketones (excluding diaryl/α,β-unsaturated/α-hetero) is 1. The lowest BCUT2D eigenvalue weighted by atomic mass is 10.1. The Bertz CT molecular complexity index is 1290. The minimum atomic E-state index is -2.91. The molecule has 32 heavy (non-hydrogen) atoms. The number of para-hydroxylation sites is 1. The molecule has 4 heteroatoms. The van der Waals surface area contributed by atoms with E-state index in [-0.39, 0.29) is 11.5 Å². The van der Waals surface area contributed by atoms with Crippen LogP contribution in [0.3, 0.4) is 0 Å². The van der Waals surface area contributed by atoms with Gasteiger partial charge in [-0.2, -0.15) is 0 Å². The summed E-state index contributed by atoms with van der Waals surface area (Å²) in [5.74, 6) is 3.91. The third-order valence-electron chi connectivity index (χ3n) is 4.75. The summed E-state index contributed by atoms with van der Waals surface area (Å²) in [5, 5.41) is 2.91. The van der Waals surface area contributed by atoms with Gasteiger partial charge in [-0.1, -0.05) is 58.8 Å². The first-order valence-electron chi connectivity index (χ1n) is 10.1. The Kier molecular flexibility index (Phi) is 6.60. The van der Waals surface area contributed by atoms with Gasteiger partial charge >= 0.3 is 0 Å². The summed E-state index contributed by atoms with van der Waals surface area (Å²) >= 11 is 0. The fourth-order valence-corrected chi connectivity index (χ4v) is 4.86. The van der Waals surface area contributed by atoms with Crippen LogP contribution in [-0.2, 0) is 14.1 Å². The first-order chi connectivity index (χ1) is 15.6. The molecule has 0 heterocycles. The van der Waals surface area contributed by atoms with Crippen LogP contribution in [0, 0.1) is 11.2 Å². The van der Waals surface area contributed by atoms with E-state index in [4.69, 9.17) is 4.74 Å². The lowest BCUT2D eigenvalue weighted by Crippen LogP contribution is -2.21. The molecule has 156 valence electrons. The van der Waals surface area contributed by atoms with Crippen LogP contribution in [0.15, 0.2) is 120 Å². The van der Waals surface area contributed by atoms with Crippen molar-refractivity contribution in [3.05, 3.63) is 126 Å². The number of ketones is 1. The minimum absolute atomic E-state index is 0.185. The molecular weight excluding hydrogens is 416 g/mol. The summed E-state index contributed by atoms with van der Waals surface area (Å²) in [7, 11) is -2.91. The smallest absolute Gasteiger partial charge is 0.213 e. The van der Waals surface area contributed by atoms with Gasteiger partial charge < -0.3 is 4.74 Å². The third-order valence-corrected chi connectivity index (χ3v) is 6.88. The molecule has 0 fully saturated rings. The molecule has 3 nitrogen and oxygen atoms in total. The van der Waals surface area contributed by atoms with E-state index in [0.717, 1.165) is 11.3 Å². The number of hydrogen-bond acceptors (Lipinski definition) is 3. The molecule has 0 aliphatic heterocycles. The van der Waals surface area contributed by atoms with E-state index >= 15 is 0 Å². The maximum Gasteiger partial charge on any atom is 0.213 e. The van der Waals surface area contributed by atoms with Crippen molar-refractivity contribution in [3.8, 4) is 22.7 Å². The van der Waals surface area contributed by atoms with E-state index in [1.807, 2.05) is 66.7 Å². The third kappa shape index (κ3) is 5.40. The second-order valence-corrected chi connectivity index (χ2v) is 9.40. The van der Waals surface area contributed by atoms with Crippen LogP contribution in [0.25, 0.3) is 0 Å². The van der Waals surface area contributed by atoms with Gasteiger partial charge in [0.1, 0.15) is 11.5 Å². The monoisotopic (exact) mass is 437 g/mol. The maximum absolute atomic E-state index is 13.8. The normalized spacial score (nSPS) is 12.1. The van der Waals surface area contributed by atoms with Crippen molar-refractivity contribution in [1.82, 2.24) is 0 Å². The zero-order chi connectivity index (χ0) is 22.2. The Labute approximate surface area is 189 Å². The van der Waals surface area contributed by atoms with Crippen molar-refractivity contribution in [2.45, 2.75) is 4.90 Å². The van der Waals surface area contributed by atoms with Gasteiger partial charge in [-0.3, -0.25) is 4.79 Å². The number of rotatable bonds is 6. The van der Waals surface area contributed by atoms with Crippen LogP contribution in [0.1, 0.15) is 15.9 Å². The molecule has 0 amide bonds. The first kappa shape index (κ1) is 21.3. The average Bonchev–Trinajstić information content (AvgIpc) is 2.85. The number of ether oxygens (including phenoxy) is 1. The van der Waals surface area contributed by atoms with E-state index in [9.17, 15) is 9.00 Å². The van der Waals surface area contributed by atoms with Crippen LogP contribution < -0.4 is 4.74 Å². The second-order valence-electron chi connectivity index (χ2n) is 7.09. The summed E-state index contributed by atoms with van der Waals surface area (Å²) in [6.07, 6.45) is 0. The molecule has 1 atom stereocenters. The van der Waals surface area contributed by atoms with E-state index in [2.05, 4.69) is 11.2 Å². The molecule has 4 aromatic carbocycles. The van der Waals surface area contributed by atoms with Crippen molar-refractivity contribution < 1.29 is 13.7 Å². The summed E-state index contributed by atoms with van der Waals surface area (Å²) in [5.41, 5.74) is 1.22. The standard InChI is InChI=1S/C28H21O3S/c29-28(24-16-18-26(19-17-24)31-25-12-6-2-7-13-25)22-32(30,27-14-8-3-9-15-27)21-20-23-10-4-1-5-11-23/h1-19H,22H2/q+1. The van der Waals surface area contributed by atoms with Gasteiger partial charge in [-0.15, -0.1) is 0 Å². The van der Waals surface area contributed by atoms with Crippen LogP contribution in [-0.4, -0.2) is 11.5 Å². The van der Waals surface area contributed by atoms with Crippen LogP contribution >= 0.6 is 0 Å². The van der Waals surface area contributed by atoms with Crippen LogP contribution in [0.2, 0.25) is 0 Å². The summed E-state index contributed by atoms with van der Waals surface area (Å²) < 4.78 is 19.6. The van der Waals surface area contributed by atoms with Gasteiger partial charge in [0.15, 0.2) is 15.9 Å². The van der Waals surface area contributed by atoms with Gasteiger partial charge in [0.25, 0.3) is 0 Å². The molecule has 0 spiro atoms. The van der Waals surface area contributed by atoms with Crippen molar-refractivity contribution in [2.75, 3.05) is 5.75 Å². The van der Waals surface area contributed by atoms with Crippen molar-refractivity contribution in [1.29, 1.82) is 0 Å². The zero-order valence-corrected chi connectivity index (χ0v) is 18.1. The Hall–Kier alpha value is -3.94. The van der Waals surface area contributed by atoms with Crippen LogP contribution in [0.4, 0.5) is 0 Å². The molecule has 0 N–H and O–H groups in total. The molecule has 0 radical (unpaired) electrons. The lowest BCUT2D eigenvalue weighted by molar-refractivity contribution is 0.102. The lowest BCUT2D eigenvalue weighted by Gasteiger charge is -2.07. The molecule has 0 saturated heterocycles. The molecule has 1 unspecified atom stereocenters. The number of carbonyl (C=O) groups is 1. The number of hydrogen-bond donors (Lipinski definition) is 0. The molecule has 0 aliphatic rings. The zero-order valence-electron chi connectivity index (χ0n) is 17.3. The van der Waals surface area contributed by atoms with Crippen LogP contribution in [0.5, 0.6) is 11.5 Å². The van der Waals surface area contributed by atoms with Gasteiger partial charge in [0, 0.05) is 11.1 Å². The molecule has 4 rings (SSSR count).